The second kappa shape index (κ2) is 8.34. The maximum absolute atomic E-state index is 11.7. The SMILES string of the molecule is Cc1nccn1CCNC(=O)C1CCCN1.Cl.Cl. The molecule has 5 nitrogen and oxygen atoms in total. The zero-order valence-electron chi connectivity index (χ0n) is 10.4. The summed E-state index contributed by atoms with van der Waals surface area (Å²) in [5, 5.41) is 6.12. The van der Waals surface area contributed by atoms with Gasteiger partial charge in [-0.1, -0.05) is 0 Å². The first-order valence-electron chi connectivity index (χ1n) is 5.76. The van der Waals surface area contributed by atoms with Gasteiger partial charge in [0, 0.05) is 25.5 Å². The van der Waals surface area contributed by atoms with Crippen LogP contribution in [0.15, 0.2) is 12.4 Å². The largest absolute Gasteiger partial charge is 0.353 e. The molecule has 1 fully saturated rings. The predicted molar refractivity (Wildman–Crippen MR) is 75.5 cm³/mol. The van der Waals surface area contributed by atoms with Crippen molar-refractivity contribution in [1.29, 1.82) is 0 Å². The molecule has 0 bridgehead atoms. The summed E-state index contributed by atoms with van der Waals surface area (Å²) in [7, 11) is 0. The van der Waals surface area contributed by atoms with Crippen molar-refractivity contribution < 1.29 is 4.79 Å². The van der Waals surface area contributed by atoms with Gasteiger partial charge in [-0.3, -0.25) is 4.79 Å². The van der Waals surface area contributed by atoms with Gasteiger partial charge in [0.1, 0.15) is 5.82 Å². The van der Waals surface area contributed by atoms with Gasteiger partial charge in [0.15, 0.2) is 0 Å². The highest BCUT2D eigenvalue weighted by molar-refractivity contribution is 5.85. The van der Waals surface area contributed by atoms with Crippen molar-refractivity contribution in [3.05, 3.63) is 18.2 Å². The van der Waals surface area contributed by atoms with E-state index >= 15 is 0 Å². The van der Waals surface area contributed by atoms with Gasteiger partial charge in [-0.05, 0) is 26.3 Å². The Bertz CT molecular complexity index is 364. The van der Waals surface area contributed by atoms with Crippen LogP contribution in [0.5, 0.6) is 0 Å². The molecule has 7 heteroatoms. The Morgan fingerprint density at radius 1 is 1.61 bits per heavy atom. The Balaban J connectivity index is 0.00000144. The Morgan fingerprint density at radius 3 is 2.94 bits per heavy atom. The molecule has 1 atom stereocenters. The van der Waals surface area contributed by atoms with Crippen LogP contribution in [0, 0.1) is 6.92 Å². The Labute approximate surface area is 120 Å². The second-order valence-corrected chi connectivity index (χ2v) is 4.11. The van der Waals surface area contributed by atoms with Crippen molar-refractivity contribution >= 4 is 30.7 Å². The van der Waals surface area contributed by atoms with E-state index in [1.165, 1.54) is 0 Å². The minimum atomic E-state index is 0. The molecule has 0 aromatic carbocycles. The van der Waals surface area contributed by atoms with Gasteiger partial charge in [0.05, 0.1) is 6.04 Å². The molecule has 0 radical (unpaired) electrons. The highest BCUT2D eigenvalue weighted by Crippen LogP contribution is 2.04. The summed E-state index contributed by atoms with van der Waals surface area (Å²) in [5.74, 6) is 1.10. The van der Waals surface area contributed by atoms with Gasteiger partial charge in [-0.2, -0.15) is 0 Å². The predicted octanol–water partition coefficient (Wildman–Crippen LogP) is 0.903. The first-order valence-corrected chi connectivity index (χ1v) is 5.76. The topological polar surface area (TPSA) is 59.0 Å². The van der Waals surface area contributed by atoms with Gasteiger partial charge in [-0.25, -0.2) is 4.98 Å². The molecule has 1 unspecified atom stereocenters. The standard InChI is InChI=1S/C11H18N4O.2ClH/c1-9-12-5-7-15(9)8-6-14-11(16)10-3-2-4-13-10;;/h5,7,10,13H,2-4,6,8H2,1H3,(H,14,16);2*1H. The molecule has 1 saturated heterocycles. The summed E-state index contributed by atoms with van der Waals surface area (Å²) in [6.45, 7) is 4.36. The van der Waals surface area contributed by atoms with E-state index in [9.17, 15) is 4.79 Å². The van der Waals surface area contributed by atoms with Crippen LogP contribution in [0.1, 0.15) is 18.7 Å². The zero-order chi connectivity index (χ0) is 11.4. The van der Waals surface area contributed by atoms with Crippen LogP contribution in [0.4, 0.5) is 0 Å². The molecule has 104 valence electrons. The number of nitrogens with zero attached hydrogens (tertiary/aromatic N) is 2. The van der Waals surface area contributed by atoms with E-state index in [2.05, 4.69) is 15.6 Å². The molecule has 0 saturated carbocycles. The summed E-state index contributed by atoms with van der Waals surface area (Å²) in [6, 6.07) is 0.0175. The first kappa shape index (κ1) is 17.2. The van der Waals surface area contributed by atoms with Gasteiger partial charge in [0.25, 0.3) is 0 Å². The number of aromatic nitrogens is 2. The molecule has 1 aliphatic rings. The maximum atomic E-state index is 11.7. The summed E-state index contributed by atoms with van der Waals surface area (Å²) in [6.07, 6.45) is 5.75. The summed E-state index contributed by atoms with van der Waals surface area (Å²) < 4.78 is 2.03. The normalized spacial score (nSPS) is 17.7. The number of halogens is 2. The third-order valence-electron chi connectivity index (χ3n) is 2.95. The first-order chi connectivity index (χ1) is 7.77. The fraction of sp³-hybridized carbons (Fsp3) is 0.636. The molecule has 1 amide bonds. The fourth-order valence-corrected chi connectivity index (χ4v) is 1.97. The highest BCUT2D eigenvalue weighted by Gasteiger charge is 2.21. The number of imidazole rings is 1. The van der Waals surface area contributed by atoms with Crippen LogP contribution < -0.4 is 10.6 Å². The highest BCUT2D eigenvalue weighted by atomic mass is 35.5. The second-order valence-electron chi connectivity index (χ2n) is 4.11. The molecule has 0 spiro atoms. The third-order valence-corrected chi connectivity index (χ3v) is 2.95. The quantitative estimate of drug-likeness (QED) is 0.868. The lowest BCUT2D eigenvalue weighted by molar-refractivity contribution is -0.122. The fourth-order valence-electron chi connectivity index (χ4n) is 1.97. The van der Waals surface area contributed by atoms with Crippen LogP contribution in [0.3, 0.4) is 0 Å². The zero-order valence-corrected chi connectivity index (χ0v) is 12.0. The summed E-state index contributed by atoms with van der Waals surface area (Å²) in [4.78, 5) is 15.8. The number of nitrogens with one attached hydrogen (secondary N) is 2. The molecule has 0 aliphatic carbocycles. The van der Waals surface area contributed by atoms with Crippen LogP contribution in [0.2, 0.25) is 0 Å². The lowest BCUT2D eigenvalue weighted by atomic mass is 10.2. The van der Waals surface area contributed by atoms with Gasteiger partial charge >= 0.3 is 0 Å². The van der Waals surface area contributed by atoms with E-state index in [0.717, 1.165) is 31.8 Å². The van der Waals surface area contributed by atoms with Crippen molar-refractivity contribution in [1.82, 2.24) is 20.2 Å². The number of carbonyl (C=O) groups excluding carboxylic acids is 1. The number of rotatable bonds is 4. The van der Waals surface area contributed by atoms with Crippen molar-refractivity contribution in [2.75, 3.05) is 13.1 Å². The molecule has 1 aromatic rings. The van der Waals surface area contributed by atoms with E-state index in [1.807, 2.05) is 17.7 Å². The number of carbonyl (C=O) groups is 1. The smallest absolute Gasteiger partial charge is 0.237 e. The molecular formula is C11H20Cl2N4O. The van der Waals surface area contributed by atoms with Crippen LogP contribution >= 0.6 is 24.8 Å². The van der Waals surface area contributed by atoms with E-state index in [-0.39, 0.29) is 36.8 Å². The number of hydrogen-bond acceptors (Lipinski definition) is 3. The minimum absolute atomic E-state index is 0. The Kier molecular flexibility index (Phi) is 7.98. The van der Waals surface area contributed by atoms with Crippen molar-refractivity contribution in [2.24, 2.45) is 0 Å². The molecule has 2 heterocycles. The third kappa shape index (κ3) is 4.48. The average Bonchev–Trinajstić information content (AvgIpc) is 2.90. The Hall–Kier alpha value is -0.780. The number of aryl methyl sites for hydroxylation is 1. The van der Waals surface area contributed by atoms with E-state index in [1.54, 1.807) is 6.20 Å². The van der Waals surface area contributed by atoms with Crippen molar-refractivity contribution in [2.45, 2.75) is 32.4 Å². The molecule has 2 N–H and O–H groups in total. The van der Waals surface area contributed by atoms with Gasteiger partial charge in [-0.15, -0.1) is 24.8 Å². The lowest BCUT2D eigenvalue weighted by Crippen LogP contribution is -2.41. The summed E-state index contributed by atoms with van der Waals surface area (Å²) in [5.41, 5.74) is 0. The van der Waals surface area contributed by atoms with Crippen LogP contribution in [0.25, 0.3) is 0 Å². The number of hydrogen-bond donors (Lipinski definition) is 2. The average molecular weight is 295 g/mol. The van der Waals surface area contributed by atoms with Gasteiger partial charge in [0.2, 0.25) is 5.91 Å². The van der Waals surface area contributed by atoms with Crippen molar-refractivity contribution in [3.8, 4) is 0 Å². The molecule has 18 heavy (non-hydrogen) atoms. The van der Waals surface area contributed by atoms with Crippen molar-refractivity contribution in [3.63, 3.8) is 0 Å². The van der Waals surface area contributed by atoms with E-state index in [4.69, 9.17) is 0 Å². The molecule has 1 aliphatic heterocycles. The molecule has 1 aromatic heterocycles. The van der Waals surface area contributed by atoms with Crippen LogP contribution in [-0.4, -0.2) is 34.6 Å². The van der Waals surface area contributed by atoms with E-state index in [0.29, 0.717) is 6.54 Å². The summed E-state index contributed by atoms with van der Waals surface area (Å²) >= 11 is 0. The van der Waals surface area contributed by atoms with E-state index < -0.39 is 0 Å². The lowest BCUT2D eigenvalue weighted by Gasteiger charge is -2.11. The minimum Gasteiger partial charge on any atom is -0.353 e. The van der Waals surface area contributed by atoms with Gasteiger partial charge < -0.3 is 15.2 Å². The molecule has 2 rings (SSSR count). The monoisotopic (exact) mass is 294 g/mol. The molecular weight excluding hydrogens is 275 g/mol. The maximum Gasteiger partial charge on any atom is 0.237 e. The van der Waals surface area contributed by atoms with Crippen LogP contribution in [-0.2, 0) is 11.3 Å². The number of amides is 1. The Morgan fingerprint density at radius 2 is 2.39 bits per heavy atom.